The largest absolute Gasteiger partial charge is 0.487 e. The Labute approximate surface area is 172 Å². The van der Waals surface area contributed by atoms with Crippen LogP contribution in [0, 0.1) is 6.92 Å². The predicted molar refractivity (Wildman–Crippen MR) is 112 cm³/mol. The zero-order valence-corrected chi connectivity index (χ0v) is 16.8. The number of nitrogens with zero attached hydrogens (tertiary/aromatic N) is 1. The minimum atomic E-state index is -0.424. The van der Waals surface area contributed by atoms with Crippen LogP contribution in [0.3, 0.4) is 0 Å². The summed E-state index contributed by atoms with van der Waals surface area (Å²) in [6.45, 7) is 2.49. The Hall–Kier alpha value is -2.93. The Balaban J connectivity index is 1.34. The predicted octanol–water partition coefficient (Wildman–Crippen LogP) is 2.97. The molecular weight excluding hydrogens is 386 g/mol. The van der Waals surface area contributed by atoms with Crippen LogP contribution in [0.4, 0.5) is 0 Å². The molecule has 5 rings (SSSR count). The first kappa shape index (κ1) is 18.1. The van der Waals surface area contributed by atoms with Gasteiger partial charge in [0.15, 0.2) is 0 Å². The van der Waals surface area contributed by atoms with Crippen LogP contribution in [-0.2, 0) is 16.0 Å². The Morgan fingerprint density at radius 2 is 2.21 bits per heavy atom. The number of rotatable bonds is 4. The Kier molecular flexibility index (Phi) is 4.47. The van der Waals surface area contributed by atoms with Gasteiger partial charge in [-0.05, 0) is 42.7 Å². The number of carbonyl (C=O) groups is 2. The summed E-state index contributed by atoms with van der Waals surface area (Å²) in [7, 11) is 0. The fraction of sp³-hybridized carbons (Fsp3) is 0.318. The zero-order chi connectivity index (χ0) is 20.0. The van der Waals surface area contributed by atoms with Crippen molar-refractivity contribution in [1.29, 1.82) is 0 Å². The molecule has 6 nitrogen and oxygen atoms in total. The van der Waals surface area contributed by atoms with Gasteiger partial charge in [-0.3, -0.25) is 9.59 Å². The number of amides is 2. The molecule has 3 heterocycles. The van der Waals surface area contributed by atoms with Crippen molar-refractivity contribution in [1.82, 2.24) is 15.6 Å². The van der Waals surface area contributed by atoms with Gasteiger partial charge in [0.1, 0.15) is 22.9 Å². The van der Waals surface area contributed by atoms with E-state index in [0.29, 0.717) is 19.4 Å². The van der Waals surface area contributed by atoms with E-state index in [2.05, 4.69) is 35.8 Å². The molecule has 1 aromatic heterocycles. The van der Waals surface area contributed by atoms with Gasteiger partial charge in [-0.1, -0.05) is 18.2 Å². The van der Waals surface area contributed by atoms with Crippen LogP contribution in [0.25, 0.3) is 20.8 Å². The van der Waals surface area contributed by atoms with Crippen LogP contribution in [0.2, 0.25) is 0 Å². The summed E-state index contributed by atoms with van der Waals surface area (Å²) in [5.74, 6) is 0.659. The van der Waals surface area contributed by atoms with Gasteiger partial charge in [0.05, 0.1) is 22.3 Å². The number of fused-ring (bicyclic) bond motifs is 2. The molecule has 0 unspecified atom stereocenters. The van der Waals surface area contributed by atoms with E-state index in [9.17, 15) is 9.59 Å². The first-order valence-electron chi connectivity index (χ1n) is 9.80. The molecule has 2 aliphatic rings. The number of hydrogen-bond acceptors (Lipinski definition) is 5. The maximum Gasteiger partial charge on any atom is 0.242 e. The van der Waals surface area contributed by atoms with Crippen LogP contribution in [-0.4, -0.2) is 35.5 Å². The first-order valence-corrected chi connectivity index (χ1v) is 10.6. The molecule has 7 heteroatoms. The van der Waals surface area contributed by atoms with Crippen LogP contribution in [0.15, 0.2) is 36.4 Å². The Morgan fingerprint density at radius 3 is 3.00 bits per heavy atom. The third kappa shape index (κ3) is 3.46. The van der Waals surface area contributed by atoms with Crippen molar-refractivity contribution in [3.63, 3.8) is 0 Å². The standard InChI is InChI=1S/C22H21N3O3S/c1-12-8-13-10-14(11-23-21(27)17-6-7-19(26)24-17)28-20(13)15(9-12)22-25-16-4-2-3-5-18(16)29-22/h2-5,8-9,14,17H,6-7,10-11H2,1H3,(H,23,27)(H,24,26)/t14-,17+/m1/s1. The van der Waals surface area contributed by atoms with Gasteiger partial charge >= 0.3 is 0 Å². The minimum Gasteiger partial charge on any atom is -0.487 e. The third-order valence-corrected chi connectivity index (χ3v) is 6.45. The molecule has 2 N–H and O–H groups in total. The summed E-state index contributed by atoms with van der Waals surface area (Å²) in [5.41, 5.74) is 4.31. The van der Waals surface area contributed by atoms with Gasteiger partial charge in [0.2, 0.25) is 11.8 Å². The number of ether oxygens (including phenoxy) is 1. The van der Waals surface area contributed by atoms with Crippen LogP contribution in [0.5, 0.6) is 5.75 Å². The van der Waals surface area contributed by atoms with Crippen molar-refractivity contribution in [3.05, 3.63) is 47.5 Å². The van der Waals surface area contributed by atoms with Crippen LogP contribution < -0.4 is 15.4 Å². The third-order valence-electron chi connectivity index (χ3n) is 5.38. The van der Waals surface area contributed by atoms with Gasteiger partial charge < -0.3 is 15.4 Å². The summed E-state index contributed by atoms with van der Waals surface area (Å²) in [6.07, 6.45) is 1.58. The first-order chi connectivity index (χ1) is 14.1. The number of thiazole rings is 1. The second-order valence-corrected chi connectivity index (χ2v) is 8.67. The Bertz CT molecular complexity index is 1090. The van der Waals surface area contributed by atoms with E-state index in [1.807, 2.05) is 18.2 Å². The van der Waals surface area contributed by atoms with Crippen LogP contribution >= 0.6 is 11.3 Å². The molecule has 2 aliphatic heterocycles. The zero-order valence-electron chi connectivity index (χ0n) is 16.0. The fourth-order valence-corrected chi connectivity index (χ4v) is 4.98. The van der Waals surface area contributed by atoms with Gasteiger partial charge in [0.25, 0.3) is 0 Å². The number of benzene rings is 2. The smallest absolute Gasteiger partial charge is 0.242 e. The summed E-state index contributed by atoms with van der Waals surface area (Å²) in [6, 6.07) is 11.9. The van der Waals surface area contributed by atoms with Gasteiger partial charge in [-0.25, -0.2) is 4.98 Å². The molecule has 0 spiro atoms. The average Bonchev–Trinajstić information content (AvgIpc) is 3.42. The molecule has 1 fully saturated rings. The SMILES string of the molecule is Cc1cc2c(c(-c3nc4ccccc4s3)c1)O[C@@H](CNC(=O)[C@@H]1CCC(=O)N1)C2. The average molecular weight is 407 g/mol. The van der Waals surface area contributed by atoms with E-state index < -0.39 is 6.04 Å². The molecule has 0 radical (unpaired) electrons. The number of hydrogen-bond donors (Lipinski definition) is 2. The lowest BCUT2D eigenvalue weighted by atomic mass is 10.0. The normalized spacial score (nSPS) is 20.4. The second kappa shape index (κ2) is 7.15. The van der Waals surface area contributed by atoms with Gasteiger partial charge in [-0.2, -0.15) is 0 Å². The molecule has 1 saturated heterocycles. The van der Waals surface area contributed by atoms with Crippen molar-refractivity contribution >= 4 is 33.4 Å². The molecular formula is C22H21N3O3S. The monoisotopic (exact) mass is 407 g/mol. The highest BCUT2D eigenvalue weighted by Crippen LogP contribution is 2.42. The highest BCUT2D eigenvalue weighted by Gasteiger charge is 2.30. The molecule has 0 bridgehead atoms. The minimum absolute atomic E-state index is 0.0642. The maximum absolute atomic E-state index is 12.3. The second-order valence-electron chi connectivity index (χ2n) is 7.64. The molecule has 148 valence electrons. The van der Waals surface area contributed by atoms with E-state index in [0.717, 1.165) is 38.5 Å². The lowest BCUT2D eigenvalue weighted by molar-refractivity contribution is -0.126. The summed E-state index contributed by atoms with van der Waals surface area (Å²) in [4.78, 5) is 28.4. The lowest BCUT2D eigenvalue weighted by Gasteiger charge is -2.15. The highest BCUT2D eigenvalue weighted by molar-refractivity contribution is 7.21. The van der Waals surface area contributed by atoms with Gasteiger partial charge in [0, 0.05) is 12.8 Å². The molecule has 0 saturated carbocycles. The van der Waals surface area contributed by atoms with Crippen molar-refractivity contribution < 1.29 is 14.3 Å². The Morgan fingerprint density at radius 1 is 1.34 bits per heavy atom. The summed E-state index contributed by atoms with van der Waals surface area (Å²) in [5, 5.41) is 6.57. The molecule has 0 aliphatic carbocycles. The summed E-state index contributed by atoms with van der Waals surface area (Å²) < 4.78 is 7.39. The van der Waals surface area contributed by atoms with E-state index in [1.54, 1.807) is 11.3 Å². The summed E-state index contributed by atoms with van der Waals surface area (Å²) >= 11 is 1.66. The van der Waals surface area contributed by atoms with E-state index >= 15 is 0 Å². The molecule has 2 amide bonds. The van der Waals surface area contributed by atoms with Crippen molar-refractivity contribution in [3.8, 4) is 16.3 Å². The fourth-order valence-electron chi connectivity index (χ4n) is 4.00. The molecule has 29 heavy (non-hydrogen) atoms. The van der Waals surface area contributed by atoms with Crippen molar-refractivity contribution in [2.75, 3.05) is 6.54 Å². The number of aromatic nitrogens is 1. The number of nitrogens with one attached hydrogen (secondary N) is 2. The quantitative estimate of drug-likeness (QED) is 0.697. The van der Waals surface area contributed by atoms with E-state index in [1.165, 1.54) is 5.56 Å². The van der Waals surface area contributed by atoms with Crippen molar-refractivity contribution in [2.45, 2.75) is 38.3 Å². The number of aryl methyl sites for hydroxylation is 1. The van der Waals surface area contributed by atoms with Gasteiger partial charge in [-0.15, -0.1) is 11.3 Å². The maximum atomic E-state index is 12.3. The van der Waals surface area contributed by atoms with E-state index in [4.69, 9.17) is 9.72 Å². The lowest BCUT2D eigenvalue weighted by Crippen LogP contribution is -2.44. The number of para-hydroxylation sites is 1. The highest BCUT2D eigenvalue weighted by atomic mass is 32.1. The van der Waals surface area contributed by atoms with Crippen molar-refractivity contribution in [2.24, 2.45) is 0 Å². The van der Waals surface area contributed by atoms with E-state index in [-0.39, 0.29) is 17.9 Å². The molecule has 2 atom stereocenters. The van der Waals surface area contributed by atoms with Crippen LogP contribution in [0.1, 0.15) is 24.0 Å². The number of carbonyl (C=O) groups excluding carboxylic acids is 2. The molecule has 2 aromatic carbocycles. The topological polar surface area (TPSA) is 80.3 Å². The molecule has 3 aromatic rings.